The highest BCUT2D eigenvalue weighted by Crippen LogP contribution is 2.61. The number of allylic oxidation sites excluding steroid dienone is 1. The Hall–Kier alpha value is -1.87. The summed E-state index contributed by atoms with van der Waals surface area (Å²) in [4.78, 5) is 39.3. The number of Topliss-reactive ketones (excluding diaryl/α,β-unsaturated/α-hetero) is 2. The highest BCUT2D eigenvalue weighted by Gasteiger charge is 2.66. The molecule has 0 amide bonds. The molecule has 0 bridgehead atoms. The van der Waals surface area contributed by atoms with E-state index >= 15 is 0 Å². The van der Waals surface area contributed by atoms with Crippen LogP contribution in [0.4, 0.5) is 0 Å². The molecule has 2 aliphatic heterocycles. The molecule has 4 aliphatic rings. The topological polar surface area (TPSA) is 130 Å². The molecule has 2 fully saturated rings. The van der Waals surface area contributed by atoms with Gasteiger partial charge in [-0.1, -0.05) is 27.7 Å². The van der Waals surface area contributed by atoms with E-state index in [0.29, 0.717) is 32.1 Å². The van der Waals surface area contributed by atoms with Gasteiger partial charge < -0.3 is 24.8 Å². The number of rotatable bonds is 7. The first-order valence-corrected chi connectivity index (χ1v) is 14.4. The average Bonchev–Trinajstić information content (AvgIpc) is 2.82. The normalized spacial score (nSPS) is 40.0. The van der Waals surface area contributed by atoms with Crippen LogP contribution in [0.15, 0.2) is 23.0 Å². The Morgan fingerprint density at radius 3 is 2.38 bits per heavy atom. The lowest BCUT2D eigenvalue weighted by molar-refractivity contribution is -0.264. The van der Waals surface area contributed by atoms with Crippen LogP contribution < -0.4 is 0 Å². The fourth-order valence-electron chi connectivity index (χ4n) is 7.81. The van der Waals surface area contributed by atoms with E-state index in [1.165, 1.54) is 13.0 Å². The Bertz CT molecular complexity index is 1110. The minimum absolute atomic E-state index is 0.0420. The van der Waals surface area contributed by atoms with Crippen molar-refractivity contribution in [1.29, 1.82) is 0 Å². The molecule has 8 nitrogen and oxygen atoms in total. The summed E-state index contributed by atoms with van der Waals surface area (Å²) in [6.45, 7) is 14.1. The van der Waals surface area contributed by atoms with Gasteiger partial charge in [-0.2, -0.15) is 0 Å². The Labute approximate surface area is 231 Å². The van der Waals surface area contributed by atoms with Crippen LogP contribution in [0.3, 0.4) is 0 Å². The largest absolute Gasteiger partial charge is 0.487 e. The molecule has 0 aromatic carbocycles. The molecule has 1 saturated carbocycles. The Morgan fingerprint density at radius 2 is 1.82 bits per heavy atom. The van der Waals surface area contributed by atoms with E-state index in [0.717, 1.165) is 0 Å². The van der Waals surface area contributed by atoms with Gasteiger partial charge in [0.1, 0.15) is 22.9 Å². The summed E-state index contributed by atoms with van der Waals surface area (Å²) >= 11 is 0. The van der Waals surface area contributed by atoms with Crippen molar-refractivity contribution in [2.75, 3.05) is 0 Å². The summed E-state index contributed by atoms with van der Waals surface area (Å²) in [5.41, 5.74) is -4.43. The maximum absolute atomic E-state index is 13.7. The molecule has 9 atom stereocenters. The second kappa shape index (κ2) is 9.89. The zero-order valence-electron chi connectivity index (χ0n) is 24.7. The molecule has 0 aromatic heterocycles. The summed E-state index contributed by atoms with van der Waals surface area (Å²) in [6.07, 6.45) is 1.95. The average molecular weight is 547 g/mol. The van der Waals surface area contributed by atoms with E-state index in [1.54, 1.807) is 27.7 Å². The summed E-state index contributed by atoms with van der Waals surface area (Å²) in [7, 11) is 0. The predicted molar refractivity (Wildman–Crippen MR) is 145 cm³/mol. The van der Waals surface area contributed by atoms with E-state index < -0.39 is 45.9 Å². The quantitative estimate of drug-likeness (QED) is 0.442. The first-order chi connectivity index (χ1) is 17.9. The Kier molecular flexibility index (Phi) is 7.64. The van der Waals surface area contributed by atoms with Crippen LogP contribution in [0, 0.1) is 23.2 Å². The molecular formula is C31H46O8. The molecule has 2 heterocycles. The van der Waals surface area contributed by atoms with E-state index in [4.69, 9.17) is 9.47 Å². The highest BCUT2D eigenvalue weighted by molar-refractivity contribution is 6.08. The first-order valence-electron chi connectivity index (χ1n) is 14.4. The van der Waals surface area contributed by atoms with Crippen molar-refractivity contribution in [3.05, 3.63) is 23.0 Å². The second-order valence-electron chi connectivity index (χ2n) is 13.6. The number of carbonyl (C=O) groups excluding carboxylic acids is 3. The van der Waals surface area contributed by atoms with Gasteiger partial charge in [0.2, 0.25) is 0 Å². The maximum atomic E-state index is 13.7. The molecule has 3 N–H and O–H groups in total. The molecule has 1 saturated heterocycles. The van der Waals surface area contributed by atoms with E-state index in [9.17, 15) is 29.7 Å². The van der Waals surface area contributed by atoms with Gasteiger partial charge in [0.05, 0.1) is 29.5 Å². The lowest BCUT2D eigenvalue weighted by atomic mass is 9.52. The van der Waals surface area contributed by atoms with Crippen molar-refractivity contribution < 1.29 is 39.2 Å². The van der Waals surface area contributed by atoms with Crippen molar-refractivity contribution in [2.24, 2.45) is 23.2 Å². The van der Waals surface area contributed by atoms with Gasteiger partial charge in [-0.25, -0.2) is 0 Å². The molecule has 0 spiro atoms. The molecule has 39 heavy (non-hydrogen) atoms. The van der Waals surface area contributed by atoms with Gasteiger partial charge in [-0.15, -0.1) is 0 Å². The summed E-state index contributed by atoms with van der Waals surface area (Å²) < 4.78 is 13.0. The Balaban J connectivity index is 1.79. The number of hydrogen-bond acceptors (Lipinski definition) is 8. The predicted octanol–water partition coefficient (Wildman–Crippen LogP) is 3.60. The number of fused-ring (bicyclic) bond motifs is 3. The third-order valence-corrected chi connectivity index (χ3v) is 10.2. The van der Waals surface area contributed by atoms with Crippen LogP contribution >= 0.6 is 0 Å². The van der Waals surface area contributed by atoms with Gasteiger partial charge in [0, 0.05) is 29.6 Å². The number of aliphatic hydroxyl groups is 3. The van der Waals surface area contributed by atoms with Crippen molar-refractivity contribution in [1.82, 2.24) is 0 Å². The standard InChI is InChI=1S/C31H46O8/c1-9-16(2)24(34)18(4)19-14-20(33)23-25(35)26-29(7)12-10-21(28(5,6)36)38-22(29)11-13-30(26,8)39-27(23)31(19,37)15-17(3)32/h14,16,18,21-22,25-26,35-37H,9-13,15H2,1-8H3/t16-,18-,21+,22+,25+,26+,29-,30+,31-/m0/s1. The van der Waals surface area contributed by atoms with Crippen LogP contribution in [-0.4, -0.2) is 67.8 Å². The van der Waals surface area contributed by atoms with Crippen molar-refractivity contribution in [3.8, 4) is 0 Å². The minimum Gasteiger partial charge on any atom is -0.487 e. The van der Waals surface area contributed by atoms with Gasteiger partial charge in [-0.05, 0) is 71.4 Å². The van der Waals surface area contributed by atoms with Crippen LogP contribution in [-0.2, 0) is 23.9 Å². The van der Waals surface area contributed by atoms with Crippen molar-refractivity contribution >= 4 is 17.3 Å². The fourth-order valence-corrected chi connectivity index (χ4v) is 7.81. The van der Waals surface area contributed by atoms with Crippen molar-refractivity contribution in [3.63, 3.8) is 0 Å². The minimum atomic E-state index is -2.01. The Morgan fingerprint density at radius 1 is 1.18 bits per heavy atom. The number of ketones is 3. The fraction of sp³-hybridized carbons (Fsp3) is 0.774. The number of ether oxygens (including phenoxy) is 2. The van der Waals surface area contributed by atoms with Crippen LogP contribution in [0.1, 0.15) is 93.9 Å². The number of carbonyl (C=O) groups is 3. The second-order valence-corrected chi connectivity index (χ2v) is 13.6. The molecule has 0 aromatic rings. The molecular weight excluding hydrogens is 500 g/mol. The van der Waals surface area contributed by atoms with Gasteiger partial charge in [0.25, 0.3) is 0 Å². The van der Waals surface area contributed by atoms with Gasteiger partial charge in [-0.3, -0.25) is 14.4 Å². The van der Waals surface area contributed by atoms with Gasteiger partial charge in [0.15, 0.2) is 11.4 Å². The molecule has 0 radical (unpaired) electrons. The van der Waals surface area contributed by atoms with Crippen LogP contribution in [0.2, 0.25) is 0 Å². The van der Waals surface area contributed by atoms with E-state index in [1.807, 2.05) is 20.8 Å². The van der Waals surface area contributed by atoms with E-state index in [-0.39, 0.29) is 53.0 Å². The monoisotopic (exact) mass is 546 g/mol. The smallest absolute Gasteiger partial charge is 0.188 e. The lowest BCUT2D eigenvalue weighted by Crippen LogP contribution is -2.67. The molecule has 4 rings (SSSR count). The summed E-state index contributed by atoms with van der Waals surface area (Å²) in [6, 6.07) is 0. The maximum Gasteiger partial charge on any atom is 0.188 e. The van der Waals surface area contributed by atoms with E-state index in [2.05, 4.69) is 0 Å². The highest BCUT2D eigenvalue weighted by atomic mass is 16.5. The third kappa shape index (κ3) is 4.75. The molecule has 0 unspecified atom stereocenters. The first kappa shape index (κ1) is 30.1. The third-order valence-electron chi connectivity index (χ3n) is 10.2. The zero-order chi connectivity index (χ0) is 29.3. The molecule has 218 valence electrons. The lowest BCUT2D eigenvalue weighted by Gasteiger charge is -2.62. The number of hydrogen-bond donors (Lipinski definition) is 3. The van der Waals surface area contributed by atoms with Crippen LogP contribution in [0.25, 0.3) is 0 Å². The van der Waals surface area contributed by atoms with Crippen LogP contribution in [0.5, 0.6) is 0 Å². The SMILES string of the molecule is CC[C@H](C)C(=O)[C@@H](C)C1=CC(=O)C2=C(O[C@]3(C)CC[C@H]4O[C@@H](C(C)(C)O)CC[C@]4(C)[C@H]3[C@@H]2O)[C@]1(O)CC(C)=O. The van der Waals surface area contributed by atoms with Gasteiger partial charge >= 0.3 is 0 Å². The molecule has 8 heteroatoms. The summed E-state index contributed by atoms with van der Waals surface area (Å²) in [5, 5.41) is 34.7. The van der Waals surface area contributed by atoms with Crippen molar-refractivity contribution in [2.45, 2.75) is 129 Å². The summed E-state index contributed by atoms with van der Waals surface area (Å²) in [5.74, 6) is -2.69. The number of aliphatic hydroxyl groups excluding tert-OH is 1. The zero-order valence-corrected chi connectivity index (χ0v) is 24.7. The molecule has 2 aliphatic carbocycles.